The van der Waals surface area contributed by atoms with Gasteiger partial charge >= 0.3 is 0 Å². The summed E-state index contributed by atoms with van der Waals surface area (Å²) in [5.74, 6) is 0. The average Bonchev–Trinajstić information content (AvgIpc) is 1.95. The minimum Gasteiger partial charge on any atom is -0.455 e. The number of ether oxygens (including phenoxy) is 1. The van der Waals surface area contributed by atoms with Crippen molar-refractivity contribution in [2.45, 2.75) is 6.23 Å². The summed E-state index contributed by atoms with van der Waals surface area (Å²) in [6.45, 7) is 0. The lowest BCUT2D eigenvalue weighted by atomic mass is 10.3. The maximum Gasteiger partial charge on any atom is 0.228 e. The second-order valence-electron chi connectivity index (χ2n) is 1.73. The normalized spacial score (nSPS) is 24.3. The standard InChI is InChI=1S/C5H6IN3O/c6-5-3(7)1-2-4(9-8)10-5/h1-2,4,8H,7H2/t4-/m0/s1. The largest absolute Gasteiger partial charge is 0.455 e. The fourth-order valence-electron chi connectivity index (χ4n) is 0.534. The van der Waals surface area contributed by atoms with E-state index < -0.39 is 6.23 Å². The zero-order chi connectivity index (χ0) is 7.56. The van der Waals surface area contributed by atoms with E-state index in [4.69, 9.17) is 16.0 Å². The first-order valence-electron chi connectivity index (χ1n) is 2.60. The Bertz CT molecular complexity index is 211. The van der Waals surface area contributed by atoms with Crippen molar-refractivity contribution in [1.82, 2.24) is 0 Å². The molecule has 1 atom stereocenters. The van der Waals surface area contributed by atoms with Crippen molar-refractivity contribution < 1.29 is 4.74 Å². The lowest BCUT2D eigenvalue weighted by Gasteiger charge is -2.13. The molecule has 54 valence electrons. The molecule has 0 aromatic heterocycles. The van der Waals surface area contributed by atoms with Gasteiger partial charge in [0.2, 0.25) is 6.23 Å². The van der Waals surface area contributed by atoms with E-state index in [1.165, 1.54) is 0 Å². The minimum absolute atomic E-state index is 0.487. The predicted octanol–water partition coefficient (Wildman–Crippen LogP) is 1.49. The second kappa shape index (κ2) is 3.00. The summed E-state index contributed by atoms with van der Waals surface area (Å²) >= 11 is 1.96. The van der Waals surface area contributed by atoms with Gasteiger partial charge in [-0.25, -0.2) is 5.53 Å². The lowest BCUT2D eigenvalue weighted by molar-refractivity contribution is 0.174. The maximum absolute atomic E-state index is 6.63. The zero-order valence-electron chi connectivity index (χ0n) is 5.04. The first-order chi connectivity index (χ1) is 4.74. The van der Waals surface area contributed by atoms with Crippen LogP contribution in [0.5, 0.6) is 0 Å². The first kappa shape index (κ1) is 7.52. The lowest BCUT2D eigenvalue weighted by Crippen LogP contribution is -2.12. The Balaban J connectivity index is 2.73. The number of nitrogens with zero attached hydrogens (tertiary/aromatic N) is 1. The molecule has 1 aliphatic rings. The number of nitrogens with two attached hydrogens (primary N) is 1. The maximum atomic E-state index is 6.63. The van der Waals surface area contributed by atoms with E-state index in [9.17, 15) is 0 Å². The second-order valence-corrected chi connectivity index (χ2v) is 2.71. The number of hydrogen-bond donors (Lipinski definition) is 2. The molecule has 10 heavy (non-hydrogen) atoms. The van der Waals surface area contributed by atoms with Crippen LogP contribution in [0.1, 0.15) is 0 Å². The van der Waals surface area contributed by atoms with Gasteiger partial charge in [-0.2, -0.15) is 0 Å². The molecule has 0 aromatic rings. The highest BCUT2D eigenvalue weighted by Gasteiger charge is 2.11. The van der Waals surface area contributed by atoms with E-state index in [0.29, 0.717) is 9.46 Å². The van der Waals surface area contributed by atoms with Crippen LogP contribution >= 0.6 is 22.6 Å². The average molecular weight is 251 g/mol. The van der Waals surface area contributed by atoms with E-state index >= 15 is 0 Å². The number of allylic oxidation sites excluding steroid dienone is 1. The van der Waals surface area contributed by atoms with Gasteiger partial charge in [-0.15, -0.1) is 5.11 Å². The smallest absolute Gasteiger partial charge is 0.228 e. The fraction of sp³-hybridized carbons (Fsp3) is 0.200. The van der Waals surface area contributed by atoms with Crippen LogP contribution in [0.2, 0.25) is 0 Å². The van der Waals surface area contributed by atoms with Crippen molar-refractivity contribution in [2.75, 3.05) is 0 Å². The van der Waals surface area contributed by atoms with Crippen LogP contribution < -0.4 is 5.73 Å². The van der Waals surface area contributed by atoms with Crippen molar-refractivity contribution in [3.63, 3.8) is 0 Å². The van der Waals surface area contributed by atoms with Gasteiger partial charge in [0.1, 0.15) is 0 Å². The van der Waals surface area contributed by atoms with Gasteiger partial charge in [0.05, 0.1) is 5.70 Å². The number of rotatable bonds is 1. The molecule has 0 saturated carbocycles. The topological polar surface area (TPSA) is 71.5 Å². The van der Waals surface area contributed by atoms with Crippen molar-refractivity contribution in [2.24, 2.45) is 10.8 Å². The highest BCUT2D eigenvalue weighted by Crippen LogP contribution is 2.20. The molecule has 0 spiro atoms. The van der Waals surface area contributed by atoms with Gasteiger partial charge in [0.15, 0.2) is 3.77 Å². The van der Waals surface area contributed by atoms with Gasteiger partial charge in [-0.05, 0) is 12.2 Å². The monoisotopic (exact) mass is 251 g/mol. The SMILES string of the molecule is N=N[C@@H]1C=CC(N)=C(I)O1. The van der Waals surface area contributed by atoms with Gasteiger partial charge in [-0.1, -0.05) is 0 Å². The van der Waals surface area contributed by atoms with E-state index in [-0.39, 0.29) is 0 Å². The Hall–Kier alpha value is -0.590. The number of halogens is 1. The molecule has 1 heterocycles. The molecule has 0 unspecified atom stereocenters. The van der Waals surface area contributed by atoms with Crippen LogP contribution in [0.3, 0.4) is 0 Å². The van der Waals surface area contributed by atoms with Crippen LogP contribution in [0, 0.1) is 5.53 Å². The molecule has 4 nitrogen and oxygen atoms in total. The van der Waals surface area contributed by atoms with Gasteiger partial charge in [-0.3, -0.25) is 0 Å². The van der Waals surface area contributed by atoms with Gasteiger partial charge < -0.3 is 10.5 Å². The summed E-state index contributed by atoms with van der Waals surface area (Å²) in [4.78, 5) is 0. The Morgan fingerprint density at radius 2 is 2.50 bits per heavy atom. The summed E-state index contributed by atoms with van der Waals surface area (Å²) in [5.41, 5.74) is 12.7. The quantitative estimate of drug-likeness (QED) is 0.547. The van der Waals surface area contributed by atoms with Crippen molar-refractivity contribution in [1.29, 1.82) is 5.53 Å². The molecule has 0 amide bonds. The van der Waals surface area contributed by atoms with Crippen molar-refractivity contribution in [3.8, 4) is 0 Å². The third-order valence-corrected chi connectivity index (χ3v) is 1.90. The van der Waals surface area contributed by atoms with Gasteiger partial charge in [0.25, 0.3) is 0 Å². The Morgan fingerprint density at radius 3 is 3.00 bits per heavy atom. The fourth-order valence-corrected chi connectivity index (χ4v) is 0.975. The highest BCUT2D eigenvalue weighted by atomic mass is 127. The van der Waals surface area contributed by atoms with Crippen molar-refractivity contribution in [3.05, 3.63) is 21.6 Å². The van der Waals surface area contributed by atoms with Crippen LogP contribution in [0.25, 0.3) is 0 Å². The van der Waals surface area contributed by atoms with E-state index in [0.717, 1.165) is 0 Å². The molecule has 0 fully saturated rings. The molecule has 0 saturated heterocycles. The van der Waals surface area contributed by atoms with Crippen LogP contribution in [0.4, 0.5) is 0 Å². The third kappa shape index (κ3) is 1.47. The predicted molar refractivity (Wildman–Crippen MR) is 44.4 cm³/mol. The highest BCUT2D eigenvalue weighted by molar-refractivity contribution is 14.1. The molecule has 0 bridgehead atoms. The summed E-state index contributed by atoms with van der Waals surface area (Å²) in [5, 5.41) is 3.18. The third-order valence-electron chi connectivity index (χ3n) is 1.02. The molecule has 0 radical (unpaired) electrons. The first-order valence-corrected chi connectivity index (χ1v) is 3.68. The summed E-state index contributed by atoms with van der Waals surface area (Å²) in [7, 11) is 0. The number of hydrogen-bond acceptors (Lipinski definition) is 4. The molecule has 0 aromatic carbocycles. The molecule has 0 aliphatic carbocycles. The molecular formula is C5H6IN3O. The Kier molecular flexibility index (Phi) is 2.25. The van der Waals surface area contributed by atoms with Crippen LogP contribution in [0.15, 0.2) is 26.7 Å². The van der Waals surface area contributed by atoms with E-state index in [2.05, 4.69) is 5.11 Å². The van der Waals surface area contributed by atoms with E-state index in [1.54, 1.807) is 12.2 Å². The summed E-state index contributed by atoms with van der Waals surface area (Å²) in [6, 6.07) is 0. The number of nitrogens with one attached hydrogen (secondary N) is 1. The van der Waals surface area contributed by atoms with Crippen molar-refractivity contribution >= 4 is 22.6 Å². The molecule has 3 N–H and O–H groups in total. The van der Waals surface area contributed by atoms with Crippen LogP contribution in [-0.2, 0) is 4.74 Å². The molecular weight excluding hydrogens is 245 g/mol. The summed E-state index contributed by atoms with van der Waals surface area (Å²) in [6.07, 6.45) is 2.83. The Morgan fingerprint density at radius 1 is 1.80 bits per heavy atom. The molecule has 1 aliphatic heterocycles. The van der Waals surface area contributed by atoms with E-state index in [1.807, 2.05) is 22.6 Å². The molecule has 5 heteroatoms. The van der Waals surface area contributed by atoms with Crippen LogP contribution in [-0.4, -0.2) is 6.23 Å². The van der Waals surface area contributed by atoms with Gasteiger partial charge in [0, 0.05) is 22.6 Å². The zero-order valence-corrected chi connectivity index (χ0v) is 7.20. The minimum atomic E-state index is -0.487. The molecule has 1 rings (SSSR count). The summed E-state index contributed by atoms with van der Waals surface area (Å²) < 4.78 is 5.65. The Labute approximate surface area is 71.8 Å².